The van der Waals surface area contributed by atoms with Crippen molar-refractivity contribution in [3.8, 4) is 0 Å². The molecule has 0 aromatic carbocycles. The van der Waals surface area contributed by atoms with Gasteiger partial charge in [-0.2, -0.15) is 0 Å². The van der Waals surface area contributed by atoms with Gasteiger partial charge in [0.25, 0.3) is 0 Å². The third-order valence-electron chi connectivity index (χ3n) is 3.77. The smallest absolute Gasteiger partial charge is 0.0462 e. The Morgan fingerprint density at radius 3 is 3.00 bits per heavy atom. The Morgan fingerprint density at radius 1 is 1.35 bits per heavy atom. The van der Waals surface area contributed by atoms with Crippen LogP contribution in [-0.4, -0.2) is 29.8 Å². The molecule has 2 N–H and O–H groups in total. The second-order valence-corrected chi connectivity index (χ2v) is 4.95. The minimum absolute atomic E-state index is 0.356. The quantitative estimate of drug-likeness (QED) is 0.735. The molecule has 1 saturated carbocycles. The lowest BCUT2D eigenvalue weighted by Gasteiger charge is -2.17. The molecule has 17 heavy (non-hydrogen) atoms. The zero-order chi connectivity index (χ0) is 11.9. The van der Waals surface area contributed by atoms with Crippen molar-refractivity contribution in [2.45, 2.75) is 25.7 Å². The maximum absolute atomic E-state index is 9.23. The van der Waals surface area contributed by atoms with Crippen LogP contribution in [0.15, 0.2) is 24.5 Å². The van der Waals surface area contributed by atoms with Crippen LogP contribution in [0.25, 0.3) is 0 Å². The van der Waals surface area contributed by atoms with Crippen molar-refractivity contribution in [2.75, 3.05) is 19.7 Å². The predicted octanol–water partition coefficient (Wildman–Crippen LogP) is 1.62. The topological polar surface area (TPSA) is 45.1 Å². The zero-order valence-electron chi connectivity index (χ0n) is 10.3. The summed E-state index contributed by atoms with van der Waals surface area (Å²) in [6, 6.07) is 4.09. The normalized spacial score (nSPS) is 24.1. The van der Waals surface area contributed by atoms with E-state index in [0.717, 1.165) is 19.5 Å². The van der Waals surface area contributed by atoms with E-state index in [0.29, 0.717) is 18.4 Å². The summed E-state index contributed by atoms with van der Waals surface area (Å²) in [5.74, 6) is 1.20. The van der Waals surface area contributed by atoms with Gasteiger partial charge in [-0.25, -0.2) is 0 Å². The molecule has 0 spiro atoms. The van der Waals surface area contributed by atoms with E-state index < -0.39 is 0 Å². The number of aliphatic hydroxyl groups excluding tert-OH is 1. The highest BCUT2D eigenvalue weighted by atomic mass is 16.3. The number of hydrogen-bond acceptors (Lipinski definition) is 3. The Bertz CT molecular complexity index is 315. The number of hydrogen-bond donors (Lipinski definition) is 2. The predicted molar refractivity (Wildman–Crippen MR) is 68.7 cm³/mol. The van der Waals surface area contributed by atoms with Gasteiger partial charge in [-0.05, 0) is 55.8 Å². The molecule has 1 aliphatic rings. The highest BCUT2D eigenvalue weighted by Crippen LogP contribution is 2.30. The van der Waals surface area contributed by atoms with Crippen LogP contribution in [0.4, 0.5) is 0 Å². The van der Waals surface area contributed by atoms with Crippen molar-refractivity contribution < 1.29 is 5.11 Å². The largest absolute Gasteiger partial charge is 0.396 e. The maximum atomic E-state index is 9.23. The molecule has 94 valence electrons. The van der Waals surface area contributed by atoms with Crippen molar-refractivity contribution in [3.05, 3.63) is 30.1 Å². The standard InChI is InChI=1S/C14H22N2O/c17-11-14-5-1-4-13(14)10-16-8-6-12-3-2-7-15-9-12/h2-3,7,9,13-14,16-17H,1,4-6,8,10-11H2. The van der Waals surface area contributed by atoms with E-state index >= 15 is 0 Å². The molecule has 1 aromatic rings. The Kier molecular flexibility index (Phi) is 4.95. The minimum atomic E-state index is 0.356. The Labute approximate surface area is 103 Å². The second kappa shape index (κ2) is 6.72. The van der Waals surface area contributed by atoms with Crippen molar-refractivity contribution >= 4 is 0 Å². The average Bonchev–Trinajstić information content (AvgIpc) is 2.83. The number of aromatic nitrogens is 1. The van der Waals surface area contributed by atoms with E-state index in [4.69, 9.17) is 0 Å². The van der Waals surface area contributed by atoms with Crippen LogP contribution in [0.3, 0.4) is 0 Å². The number of nitrogens with zero attached hydrogens (tertiary/aromatic N) is 1. The second-order valence-electron chi connectivity index (χ2n) is 4.95. The Morgan fingerprint density at radius 2 is 2.24 bits per heavy atom. The molecule has 1 aromatic heterocycles. The van der Waals surface area contributed by atoms with Crippen LogP contribution in [0.5, 0.6) is 0 Å². The van der Waals surface area contributed by atoms with Gasteiger partial charge in [-0.3, -0.25) is 4.98 Å². The molecule has 2 atom stereocenters. The van der Waals surface area contributed by atoms with Crippen LogP contribution >= 0.6 is 0 Å². The third kappa shape index (κ3) is 3.79. The fourth-order valence-corrected chi connectivity index (χ4v) is 2.69. The first-order chi connectivity index (χ1) is 8.40. The third-order valence-corrected chi connectivity index (χ3v) is 3.77. The van der Waals surface area contributed by atoms with Gasteiger partial charge in [0.15, 0.2) is 0 Å². The van der Waals surface area contributed by atoms with Crippen molar-refractivity contribution in [2.24, 2.45) is 11.8 Å². The van der Waals surface area contributed by atoms with Gasteiger partial charge < -0.3 is 10.4 Å². The van der Waals surface area contributed by atoms with E-state index in [1.165, 1.54) is 24.8 Å². The zero-order valence-corrected chi connectivity index (χ0v) is 10.3. The molecule has 0 amide bonds. The number of rotatable bonds is 6. The molecular weight excluding hydrogens is 212 g/mol. The van der Waals surface area contributed by atoms with Crippen LogP contribution in [0, 0.1) is 11.8 Å². The van der Waals surface area contributed by atoms with Gasteiger partial charge in [0.2, 0.25) is 0 Å². The number of nitrogens with one attached hydrogen (secondary N) is 1. The summed E-state index contributed by atoms with van der Waals surface area (Å²) in [5, 5.41) is 12.7. The van der Waals surface area contributed by atoms with Gasteiger partial charge in [0, 0.05) is 19.0 Å². The molecule has 3 heteroatoms. The first kappa shape index (κ1) is 12.5. The number of aliphatic hydroxyl groups is 1. The summed E-state index contributed by atoms with van der Waals surface area (Å²) in [6.45, 7) is 2.40. The van der Waals surface area contributed by atoms with E-state index in [9.17, 15) is 5.11 Å². The SMILES string of the molecule is OCC1CCCC1CNCCc1cccnc1. The molecule has 1 aliphatic carbocycles. The van der Waals surface area contributed by atoms with E-state index in [1.54, 1.807) is 6.20 Å². The Balaban J connectivity index is 1.63. The van der Waals surface area contributed by atoms with Gasteiger partial charge >= 0.3 is 0 Å². The van der Waals surface area contributed by atoms with E-state index in [1.807, 2.05) is 12.3 Å². The van der Waals surface area contributed by atoms with E-state index in [2.05, 4.69) is 16.4 Å². The van der Waals surface area contributed by atoms with Crippen molar-refractivity contribution in [3.63, 3.8) is 0 Å². The van der Waals surface area contributed by atoms with Crippen LogP contribution in [0.2, 0.25) is 0 Å². The number of pyridine rings is 1. The molecule has 2 unspecified atom stereocenters. The van der Waals surface area contributed by atoms with E-state index in [-0.39, 0.29) is 0 Å². The van der Waals surface area contributed by atoms with Gasteiger partial charge in [-0.1, -0.05) is 12.5 Å². The summed E-state index contributed by atoms with van der Waals surface area (Å²) in [6.07, 6.45) is 8.51. The summed E-state index contributed by atoms with van der Waals surface area (Å²) in [7, 11) is 0. The monoisotopic (exact) mass is 234 g/mol. The fraction of sp³-hybridized carbons (Fsp3) is 0.643. The molecule has 0 radical (unpaired) electrons. The lowest BCUT2D eigenvalue weighted by atomic mass is 9.97. The molecule has 1 fully saturated rings. The van der Waals surface area contributed by atoms with Crippen molar-refractivity contribution in [1.29, 1.82) is 0 Å². The first-order valence-corrected chi connectivity index (χ1v) is 6.60. The lowest BCUT2D eigenvalue weighted by molar-refractivity contribution is 0.192. The van der Waals surface area contributed by atoms with Gasteiger partial charge in [0.1, 0.15) is 0 Å². The van der Waals surface area contributed by atoms with Gasteiger partial charge in [-0.15, -0.1) is 0 Å². The van der Waals surface area contributed by atoms with Crippen LogP contribution in [-0.2, 0) is 6.42 Å². The Hall–Kier alpha value is -0.930. The summed E-state index contributed by atoms with van der Waals surface area (Å²) in [4.78, 5) is 4.11. The summed E-state index contributed by atoms with van der Waals surface area (Å²) in [5.41, 5.74) is 1.28. The first-order valence-electron chi connectivity index (χ1n) is 6.60. The molecule has 0 saturated heterocycles. The maximum Gasteiger partial charge on any atom is 0.0462 e. The fourth-order valence-electron chi connectivity index (χ4n) is 2.69. The summed E-state index contributed by atoms with van der Waals surface area (Å²) < 4.78 is 0. The molecule has 0 aliphatic heterocycles. The molecule has 1 heterocycles. The average molecular weight is 234 g/mol. The van der Waals surface area contributed by atoms with Gasteiger partial charge in [0.05, 0.1) is 0 Å². The van der Waals surface area contributed by atoms with Crippen LogP contribution in [0.1, 0.15) is 24.8 Å². The molecular formula is C14H22N2O. The molecule has 3 nitrogen and oxygen atoms in total. The molecule has 0 bridgehead atoms. The molecule has 2 rings (SSSR count). The highest BCUT2D eigenvalue weighted by molar-refractivity contribution is 5.08. The van der Waals surface area contributed by atoms with Crippen LogP contribution < -0.4 is 5.32 Å². The van der Waals surface area contributed by atoms with Crippen molar-refractivity contribution in [1.82, 2.24) is 10.3 Å². The highest BCUT2D eigenvalue weighted by Gasteiger charge is 2.25. The lowest BCUT2D eigenvalue weighted by Crippen LogP contribution is -2.28. The minimum Gasteiger partial charge on any atom is -0.396 e. The summed E-state index contributed by atoms with van der Waals surface area (Å²) >= 11 is 0.